The molecular formula is C13H12F3N5O2. The van der Waals surface area contributed by atoms with E-state index in [4.69, 9.17) is 5.73 Å². The summed E-state index contributed by atoms with van der Waals surface area (Å²) in [5.74, 6) is -0.806. The Morgan fingerprint density at radius 3 is 2.57 bits per heavy atom. The van der Waals surface area contributed by atoms with E-state index in [1.54, 1.807) is 0 Å². The minimum absolute atomic E-state index is 0.0378. The molecule has 1 aromatic carbocycles. The fraction of sp³-hybridized carbons (Fsp3) is 0.154. The van der Waals surface area contributed by atoms with Gasteiger partial charge >= 0.3 is 12.2 Å². The molecule has 10 heteroatoms. The van der Waals surface area contributed by atoms with Gasteiger partial charge in [-0.2, -0.15) is 18.3 Å². The highest BCUT2D eigenvalue weighted by Crippen LogP contribution is 2.30. The molecule has 122 valence electrons. The molecule has 0 unspecified atom stereocenters. The zero-order chi connectivity index (χ0) is 17.2. The fourth-order valence-corrected chi connectivity index (χ4v) is 1.88. The monoisotopic (exact) mass is 327 g/mol. The molecule has 0 radical (unpaired) electrons. The van der Waals surface area contributed by atoms with Crippen molar-refractivity contribution < 1.29 is 22.8 Å². The number of hydrogen-bond donors (Lipinski definition) is 3. The molecule has 0 atom stereocenters. The first kappa shape index (κ1) is 16.3. The number of primary amides is 1. The van der Waals surface area contributed by atoms with Crippen LogP contribution >= 0.6 is 0 Å². The van der Waals surface area contributed by atoms with Crippen molar-refractivity contribution in [3.05, 3.63) is 41.7 Å². The van der Waals surface area contributed by atoms with E-state index in [1.165, 1.54) is 24.0 Å². The molecule has 0 aliphatic carbocycles. The van der Waals surface area contributed by atoms with Gasteiger partial charge in [-0.25, -0.2) is 4.79 Å². The summed E-state index contributed by atoms with van der Waals surface area (Å²) in [7, 11) is 1.45. The molecular weight excluding hydrogens is 315 g/mol. The van der Waals surface area contributed by atoms with Crippen LogP contribution in [0.25, 0.3) is 0 Å². The summed E-state index contributed by atoms with van der Waals surface area (Å²) < 4.78 is 39.0. The zero-order valence-corrected chi connectivity index (χ0v) is 11.8. The van der Waals surface area contributed by atoms with Gasteiger partial charge in [0.1, 0.15) is 5.69 Å². The Morgan fingerprint density at radius 2 is 1.96 bits per heavy atom. The Kier molecular flexibility index (Phi) is 4.25. The van der Waals surface area contributed by atoms with Crippen molar-refractivity contribution in [3.63, 3.8) is 0 Å². The number of urea groups is 1. The molecule has 0 saturated carbocycles. The third-order valence-corrected chi connectivity index (χ3v) is 2.87. The number of rotatable bonds is 3. The number of hydrogen-bond acceptors (Lipinski definition) is 3. The molecule has 2 rings (SSSR count). The Bertz CT molecular complexity index is 754. The van der Waals surface area contributed by atoms with Gasteiger partial charge in [0.15, 0.2) is 0 Å². The molecule has 0 spiro atoms. The topological polar surface area (TPSA) is 102 Å². The zero-order valence-electron chi connectivity index (χ0n) is 11.8. The van der Waals surface area contributed by atoms with E-state index in [9.17, 15) is 22.8 Å². The highest BCUT2D eigenvalue weighted by atomic mass is 19.4. The number of nitrogens with one attached hydrogen (secondary N) is 2. The average molecular weight is 327 g/mol. The Hall–Kier alpha value is -3.04. The molecule has 0 saturated heterocycles. The largest absolute Gasteiger partial charge is 0.416 e. The fourth-order valence-electron chi connectivity index (χ4n) is 1.88. The van der Waals surface area contributed by atoms with Crippen LogP contribution in [0.1, 0.15) is 16.1 Å². The minimum Gasteiger partial charge on any atom is -0.364 e. The molecule has 0 bridgehead atoms. The number of carbonyl (C=O) groups excluding carboxylic acids is 2. The molecule has 1 aromatic heterocycles. The van der Waals surface area contributed by atoms with E-state index in [0.717, 1.165) is 18.2 Å². The van der Waals surface area contributed by atoms with E-state index < -0.39 is 23.7 Å². The molecule has 2 aromatic rings. The van der Waals surface area contributed by atoms with Crippen LogP contribution in [0.4, 0.5) is 29.3 Å². The van der Waals surface area contributed by atoms with Crippen molar-refractivity contribution >= 4 is 23.3 Å². The van der Waals surface area contributed by atoms with Crippen molar-refractivity contribution in [2.75, 3.05) is 10.6 Å². The number of anilines is 2. The summed E-state index contributed by atoms with van der Waals surface area (Å²) in [4.78, 5) is 23.1. The number of halogens is 3. The minimum atomic E-state index is -4.52. The van der Waals surface area contributed by atoms with Crippen molar-refractivity contribution in [2.24, 2.45) is 12.8 Å². The van der Waals surface area contributed by atoms with Gasteiger partial charge in [0.25, 0.3) is 5.91 Å². The van der Waals surface area contributed by atoms with Crippen molar-refractivity contribution in [3.8, 4) is 0 Å². The first-order chi connectivity index (χ1) is 10.7. The van der Waals surface area contributed by atoms with Gasteiger partial charge in [-0.05, 0) is 18.2 Å². The molecule has 4 N–H and O–H groups in total. The summed E-state index contributed by atoms with van der Waals surface area (Å²) in [6, 6.07) is 3.30. The lowest BCUT2D eigenvalue weighted by Crippen LogP contribution is -2.23. The van der Waals surface area contributed by atoms with E-state index in [2.05, 4.69) is 15.7 Å². The second-order valence-electron chi connectivity index (χ2n) is 4.55. The molecule has 0 aliphatic rings. The average Bonchev–Trinajstić information content (AvgIpc) is 2.78. The van der Waals surface area contributed by atoms with E-state index >= 15 is 0 Å². The van der Waals surface area contributed by atoms with Gasteiger partial charge in [-0.3, -0.25) is 9.48 Å². The maximum absolute atomic E-state index is 12.6. The first-order valence-electron chi connectivity index (χ1n) is 6.25. The number of nitrogens with two attached hydrogens (primary N) is 1. The van der Waals surface area contributed by atoms with Crippen LogP contribution in [0.3, 0.4) is 0 Å². The van der Waals surface area contributed by atoms with Crippen LogP contribution in [0.15, 0.2) is 30.5 Å². The number of carbonyl (C=O) groups is 2. The molecule has 1 heterocycles. The number of amides is 3. The van der Waals surface area contributed by atoms with E-state index in [1.807, 2.05) is 0 Å². The SMILES string of the molecule is Cn1ncc(NC(=O)Nc2cccc(C(F)(F)F)c2)c1C(N)=O. The summed E-state index contributed by atoms with van der Waals surface area (Å²) in [6.07, 6.45) is -3.32. The summed E-state index contributed by atoms with van der Waals surface area (Å²) >= 11 is 0. The quantitative estimate of drug-likeness (QED) is 0.805. The number of aromatic nitrogens is 2. The smallest absolute Gasteiger partial charge is 0.364 e. The highest BCUT2D eigenvalue weighted by molar-refractivity contribution is 6.05. The van der Waals surface area contributed by atoms with Crippen molar-refractivity contribution in [1.29, 1.82) is 0 Å². The maximum Gasteiger partial charge on any atom is 0.416 e. The lowest BCUT2D eigenvalue weighted by Gasteiger charge is -2.10. The Balaban J connectivity index is 2.13. The molecule has 0 aliphatic heterocycles. The second kappa shape index (κ2) is 5.99. The van der Waals surface area contributed by atoms with E-state index in [-0.39, 0.29) is 17.1 Å². The summed E-state index contributed by atoms with van der Waals surface area (Å²) in [6.45, 7) is 0. The molecule has 0 fully saturated rings. The number of alkyl halides is 3. The van der Waals surface area contributed by atoms with Crippen LogP contribution < -0.4 is 16.4 Å². The molecule has 23 heavy (non-hydrogen) atoms. The third-order valence-electron chi connectivity index (χ3n) is 2.87. The number of aryl methyl sites for hydroxylation is 1. The Morgan fingerprint density at radius 1 is 1.26 bits per heavy atom. The number of benzene rings is 1. The predicted molar refractivity (Wildman–Crippen MR) is 75.8 cm³/mol. The predicted octanol–water partition coefficient (Wildman–Crippen LogP) is 2.18. The van der Waals surface area contributed by atoms with Gasteiger partial charge in [0.05, 0.1) is 17.4 Å². The lowest BCUT2D eigenvalue weighted by atomic mass is 10.2. The van der Waals surface area contributed by atoms with Gasteiger partial charge < -0.3 is 16.4 Å². The summed E-state index contributed by atoms with van der Waals surface area (Å²) in [5, 5.41) is 8.31. The van der Waals surface area contributed by atoms with Crippen LogP contribution in [0.5, 0.6) is 0 Å². The molecule has 3 amide bonds. The van der Waals surface area contributed by atoms with Crippen LogP contribution in [-0.4, -0.2) is 21.7 Å². The van der Waals surface area contributed by atoms with Gasteiger partial charge in [0, 0.05) is 12.7 Å². The lowest BCUT2D eigenvalue weighted by molar-refractivity contribution is -0.137. The Labute approximate surface area is 128 Å². The number of nitrogens with zero attached hydrogens (tertiary/aromatic N) is 2. The van der Waals surface area contributed by atoms with Crippen LogP contribution in [0, 0.1) is 0 Å². The second-order valence-corrected chi connectivity index (χ2v) is 4.55. The van der Waals surface area contributed by atoms with Gasteiger partial charge in [-0.1, -0.05) is 6.07 Å². The van der Waals surface area contributed by atoms with Crippen molar-refractivity contribution in [2.45, 2.75) is 6.18 Å². The maximum atomic E-state index is 12.6. The summed E-state index contributed by atoms with van der Waals surface area (Å²) in [5.41, 5.74) is 4.22. The van der Waals surface area contributed by atoms with Crippen molar-refractivity contribution in [1.82, 2.24) is 9.78 Å². The van der Waals surface area contributed by atoms with Crippen LogP contribution in [-0.2, 0) is 13.2 Å². The highest BCUT2D eigenvalue weighted by Gasteiger charge is 2.30. The standard InChI is InChI=1S/C13H12F3N5O2/c1-21-10(11(17)22)9(6-18-21)20-12(23)19-8-4-2-3-7(5-8)13(14,15)16/h2-6H,1H3,(H2,17,22)(H2,19,20,23). The third kappa shape index (κ3) is 3.78. The normalized spacial score (nSPS) is 11.1. The first-order valence-corrected chi connectivity index (χ1v) is 6.25. The molecule has 7 nitrogen and oxygen atoms in total. The van der Waals surface area contributed by atoms with Crippen LogP contribution in [0.2, 0.25) is 0 Å². The van der Waals surface area contributed by atoms with Gasteiger partial charge in [-0.15, -0.1) is 0 Å². The van der Waals surface area contributed by atoms with E-state index in [0.29, 0.717) is 0 Å². The van der Waals surface area contributed by atoms with Gasteiger partial charge in [0.2, 0.25) is 0 Å².